The summed E-state index contributed by atoms with van der Waals surface area (Å²) in [4.78, 5) is 24.6. The Labute approximate surface area is 107 Å². The fraction of sp³-hybridized carbons (Fsp3) is 0.111. The molecule has 0 amide bonds. The van der Waals surface area contributed by atoms with Crippen LogP contribution in [0.25, 0.3) is 5.82 Å². The number of rotatable bonds is 1. The van der Waals surface area contributed by atoms with Gasteiger partial charge in [-0.25, -0.2) is 9.36 Å². The second-order valence-corrected chi connectivity index (χ2v) is 3.76. The molecule has 0 aromatic carbocycles. The molecule has 0 aliphatic heterocycles. The summed E-state index contributed by atoms with van der Waals surface area (Å²) >= 11 is 5.47. The number of aromatic amines is 1. The molecular weight excluding hydrogens is 289 g/mol. The quantitative estimate of drug-likeness (QED) is 0.850. The Morgan fingerprint density at radius 3 is 2.37 bits per heavy atom. The Morgan fingerprint density at radius 2 is 1.89 bits per heavy atom. The average Bonchev–Trinajstić information content (AvgIpc) is 2.29. The highest BCUT2D eigenvalue weighted by Gasteiger charge is 2.33. The standard InChI is InChI=1S/C9H4ClF3N4O2/c10-5-1-2-6(16-15-5)17-7(18)3-4(9(11,12)13)14-8(17)19/h1-3H,(H,14,19). The second kappa shape index (κ2) is 4.50. The van der Waals surface area contributed by atoms with E-state index in [0.29, 0.717) is 4.57 Å². The molecule has 0 saturated heterocycles. The maximum absolute atomic E-state index is 12.4. The van der Waals surface area contributed by atoms with E-state index in [-0.39, 0.29) is 17.0 Å². The maximum Gasteiger partial charge on any atom is 0.431 e. The molecule has 0 aliphatic rings. The van der Waals surface area contributed by atoms with Crippen LogP contribution >= 0.6 is 11.6 Å². The second-order valence-electron chi connectivity index (χ2n) is 3.37. The van der Waals surface area contributed by atoms with Crippen LogP contribution in [0.2, 0.25) is 5.15 Å². The molecule has 6 nitrogen and oxygen atoms in total. The van der Waals surface area contributed by atoms with Gasteiger partial charge in [-0.3, -0.25) is 4.79 Å². The lowest BCUT2D eigenvalue weighted by Crippen LogP contribution is -2.36. The van der Waals surface area contributed by atoms with Crippen LogP contribution in [-0.4, -0.2) is 19.7 Å². The summed E-state index contributed by atoms with van der Waals surface area (Å²) in [6, 6.07) is 2.68. The van der Waals surface area contributed by atoms with Crippen molar-refractivity contribution in [3.05, 3.63) is 49.9 Å². The van der Waals surface area contributed by atoms with Crippen LogP contribution in [0, 0.1) is 0 Å². The zero-order valence-corrected chi connectivity index (χ0v) is 9.66. The first-order valence-corrected chi connectivity index (χ1v) is 5.10. The van der Waals surface area contributed by atoms with Crippen molar-refractivity contribution in [3.8, 4) is 5.82 Å². The van der Waals surface area contributed by atoms with Gasteiger partial charge in [0, 0.05) is 6.07 Å². The summed E-state index contributed by atoms with van der Waals surface area (Å²) in [7, 11) is 0. The largest absolute Gasteiger partial charge is 0.431 e. The number of H-pyrrole nitrogens is 1. The Hall–Kier alpha value is -2.16. The van der Waals surface area contributed by atoms with E-state index in [1.165, 1.54) is 12.1 Å². The molecule has 2 rings (SSSR count). The summed E-state index contributed by atoms with van der Waals surface area (Å²) in [5, 5.41) is 6.85. The lowest BCUT2D eigenvalue weighted by atomic mass is 10.4. The Kier molecular flexibility index (Phi) is 3.14. The van der Waals surface area contributed by atoms with Gasteiger partial charge in [0.25, 0.3) is 5.56 Å². The SMILES string of the molecule is O=c1cc(C(F)(F)F)[nH]c(=O)n1-c1ccc(Cl)nn1. The number of hydrogen-bond acceptors (Lipinski definition) is 4. The van der Waals surface area contributed by atoms with Gasteiger partial charge in [-0.1, -0.05) is 11.6 Å². The monoisotopic (exact) mass is 292 g/mol. The lowest BCUT2D eigenvalue weighted by molar-refractivity contribution is -0.141. The molecule has 2 heterocycles. The molecule has 2 aromatic heterocycles. The van der Waals surface area contributed by atoms with E-state index in [9.17, 15) is 22.8 Å². The zero-order valence-electron chi connectivity index (χ0n) is 8.90. The van der Waals surface area contributed by atoms with Gasteiger partial charge in [0.15, 0.2) is 11.0 Å². The van der Waals surface area contributed by atoms with Crippen molar-refractivity contribution in [2.45, 2.75) is 6.18 Å². The van der Waals surface area contributed by atoms with E-state index in [2.05, 4.69) is 10.2 Å². The number of halogens is 4. The van der Waals surface area contributed by atoms with Gasteiger partial charge in [0.05, 0.1) is 0 Å². The van der Waals surface area contributed by atoms with Crippen molar-refractivity contribution in [2.75, 3.05) is 0 Å². The molecule has 100 valence electrons. The lowest BCUT2D eigenvalue weighted by Gasteiger charge is -2.07. The van der Waals surface area contributed by atoms with Crippen LogP contribution < -0.4 is 11.2 Å². The van der Waals surface area contributed by atoms with E-state index in [1.807, 2.05) is 0 Å². The van der Waals surface area contributed by atoms with Crippen LogP contribution in [-0.2, 0) is 6.18 Å². The Balaban J connectivity index is 2.64. The Bertz CT molecular complexity index is 689. The number of alkyl halides is 3. The van der Waals surface area contributed by atoms with E-state index in [0.717, 1.165) is 0 Å². The minimum atomic E-state index is -4.82. The van der Waals surface area contributed by atoms with Gasteiger partial charge < -0.3 is 4.98 Å². The first-order valence-electron chi connectivity index (χ1n) is 4.72. The Morgan fingerprint density at radius 1 is 1.21 bits per heavy atom. The average molecular weight is 293 g/mol. The number of nitrogens with one attached hydrogen (secondary N) is 1. The normalized spacial score (nSPS) is 11.6. The highest BCUT2D eigenvalue weighted by molar-refractivity contribution is 6.29. The molecular formula is C9H4ClF3N4O2. The topological polar surface area (TPSA) is 80.6 Å². The fourth-order valence-electron chi connectivity index (χ4n) is 1.29. The molecule has 0 saturated carbocycles. The van der Waals surface area contributed by atoms with Gasteiger partial charge in [-0.05, 0) is 12.1 Å². The summed E-state index contributed by atoms with van der Waals surface area (Å²) in [5.41, 5.74) is -3.87. The summed E-state index contributed by atoms with van der Waals surface area (Å²) in [6.07, 6.45) is -4.82. The molecule has 10 heteroatoms. The van der Waals surface area contributed by atoms with E-state index >= 15 is 0 Å². The summed E-state index contributed by atoms with van der Waals surface area (Å²) in [6.45, 7) is 0. The zero-order chi connectivity index (χ0) is 14.2. The molecule has 0 spiro atoms. The van der Waals surface area contributed by atoms with Crippen molar-refractivity contribution >= 4 is 11.6 Å². The van der Waals surface area contributed by atoms with E-state index in [4.69, 9.17) is 11.6 Å². The van der Waals surface area contributed by atoms with Gasteiger partial charge in [0.2, 0.25) is 0 Å². The third kappa shape index (κ3) is 2.65. The highest BCUT2D eigenvalue weighted by Crippen LogP contribution is 2.25. The molecule has 19 heavy (non-hydrogen) atoms. The number of nitrogens with zero attached hydrogens (tertiary/aromatic N) is 3. The van der Waals surface area contributed by atoms with Gasteiger partial charge in [-0.15, -0.1) is 10.2 Å². The minimum Gasteiger partial charge on any atom is -0.303 e. The third-order valence-corrected chi connectivity index (χ3v) is 2.29. The molecule has 0 aliphatic carbocycles. The van der Waals surface area contributed by atoms with Crippen molar-refractivity contribution in [2.24, 2.45) is 0 Å². The molecule has 0 atom stereocenters. The summed E-state index contributed by atoms with van der Waals surface area (Å²) in [5.74, 6) is -0.232. The molecule has 0 unspecified atom stereocenters. The molecule has 0 radical (unpaired) electrons. The van der Waals surface area contributed by atoms with Crippen molar-refractivity contribution in [1.82, 2.24) is 19.7 Å². The first-order chi connectivity index (χ1) is 8.79. The maximum atomic E-state index is 12.4. The van der Waals surface area contributed by atoms with Crippen LogP contribution in [0.15, 0.2) is 27.8 Å². The molecule has 2 aromatic rings. The van der Waals surface area contributed by atoms with Crippen molar-refractivity contribution in [3.63, 3.8) is 0 Å². The van der Waals surface area contributed by atoms with Crippen molar-refractivity contribution in [1.29, 1.82) is 0 Å². The fourth-order valence-corrected chi connectivity index (χ4v) is 1.39. The molecule has 0 fully saturated rings. The highest BCUT2D eigenvalue weighted by atomic mass is 35.5. The van der Waals surface area contributed by atoms with Gasteiger partial charge in [-0.2, -0.15) is 13.2 Å². The number of hydrogen-bond donors (Lipinski definition) is 1. The van der Waals surface area contributed by atoms with Crippen molar-refractivity contribution < 1.29 is 13.2 Å². The predicted octanol–water partition coefficient (Wildman–Crippen LogP) is 0.988. The van der Waals surface area contributed by atoms with Gasteiger partial charge in [0.1, 0.15) is 5.69 Å². The predicted molar refractivity (Wildman–Crippen MR) is 58.3 cm³/mol. The van der Waals surface area contributed by atoms with Crippen LogP contribution in [0.4, 0.5) is 13.2 Å². The van der Waals surface area contributed by atoms with E-state index < -0.39 is 23.1 Å². The van der Waals surface area contributed by atoms with Gasteiger partial charge >= 0.3 is 11.9 Å². The van der Waals surface area contributed by atoms with E-state index in [1.54, 1.807) is 4.98 Å². The molecule has 1 N–H and O–H groups in total. The van der Waals surface area contributed by atoms with Crippen LogP contribution in [0.1, 0.15) is 5.69 Å². The summed E-state index contributed by atoms with van der Waals surface area (Å²) < 4.78 is 37.5. The minimum absolute atomic E-state index is 0.0140. The smallest absolute Gasteiger partial charge is 0.303 e. The first kappa shape index (κ1) is 13.3. The van der Waals surface area contributed by atoms with Crippen LogP contribution in [0.5, 0.6) is 0 Å². The third-order valence-electron chi connectivity index (χ3n) is 2.09. The molecule has 0 bridgehead atoms. The van der Waals surface area contributed by atoms with Crippen LogP contribution in [0.3, 0.4) is 0 Å². The number of aromatic nitrogens is 4.